The molecule has 0 amide bonds. The number of aromatic amines is 1. The van der Waals surface area contributed by atoms with Crippen LogP contribution < -0.4 is 5.32 Å². The molecule has 0 saturated carbocycles. The standard InChI is InChI=1S/C13H18N4O2S/c1-3-19-12(18)11-9(2)20-13(17-11)16-6-4-5-10-14-7-8-15-10/h7-8H,3-6H2,1-2H3,(H,14,15)(H,16,17). The quantitative estimate of drug-likeness (QED) is 0.605. The fourth-order valence-electron chi connectivity index (χ4n) is 1.75. The lowest BCUT2D eigenvalue weighted by Gasteiger charge is -2.01. The average Bonchev–Trinajstić information content (AvgIpc) is 3.04. The Balaban J connectivity index is 1.81. The summed E-state index contributed by atoms with van der Waals surface area (Å²) in [5.41, 5.74) is 0.408. The molecule has 6 nitrogen and oxygen atoms in total. The van der Waals surface area contributed by atoms with E-state index in [9.17, 15) is 4.79 Å². The highest BCUT2D eigenvalue weighted by Gasteiger charge is 2.16. The zero-order valence-electron chi connectivity index (χ0n) is 11.6. The van der Waals surface area contributed by atoms with Gasteiger partial charge in [-0.25, -0.2) is 14.8 Å². The van der Waals surface area contributed by atoms with E-state index in [1.165, 1.54) is 11.3 Å². The number of aryl methyl sites for hydroxylation is 2. The maximum Gasteiger partial charge on any atom is 0.358 e. The summed E-state index contributed by atoms with van der Waals surface area (Å²) in [5.74, 6) is 0.624. The topological polar surface area (TPSA) is 79.9 Å². The van der Waals surface area contributed by atoms with Crippen LogP contribution in [0, 0.1) is 6.92 Å². The van der Waals surface area contributed by atoms with Crippen molar-refractivity contribution in [2.75, 3.05) is 18.5 Å². The molecule has 0 bridgehead atoms. The second-order valence-electron chi connectivity index (χ2n) is 4.21. The minimum atomic E-state index is -0.357. The Morgan fingerprint density at radius 1 is 1.55 bits per heavy atom. The van der Waals surface area contributed by atoms with Gasteiger partial charge < -0.3 is 15.0 Å². The summed E-state index contributed by atoms with van der Waals surface area (Å²) >= 11 is 1.47. The average molecular weight is 294 g/mol. The van der Waals surface area contributed by atoms with E-state index in [2.05, 4.69) is 20.3 Å². The van der Waals surface area contributed by atoms with E-state index in [0.29, 0.717) is 12.3 Å². The summed E-state index contributed by atoms with van der Waals surface area (Å²) in [5, 5.41) is 3.98. The second kappa shape index (κ2) is 7.04. The molecule has 20 heavy (non-hydrogen) atoms. The number of H-pyrrole nitrogens is 1. The van der Waals surface area contributed by atoms with Crippen molar-refractivity contribution in [2.24, 2.45) is 0 Å². The summed E-state index contributed by atoms with van der Waals surface area (Å²) in [4.78, 5) is 24.0. The van der Waals surface area contributed by atoms with Crippen molar-refractivity contribution in [3.8, 4) is 0 Å². The molecule has 0 atom stereocenters. The number of aromatic nitrogens is 3. The van der Waals surface area contributed by atoms with Gasteiger partial charge in [0, 0.05) is 30.2 Å². The molecule has 0 aliphatic heterocycles. The number of carbonyl (C=O) groups is 1. The minimum absolute atomic E-state index is 0.357. The maximum absolute atomic E-state index is 11.6. The lowest BCUT2D eigenvalue weighted by Crippen LogP contribution is -2.07. The summed E-state index contributed by atoms with van der Waals surface area (Å²) in [7, 11) is 0. The van der Waals surface area contributed by atoms with Crippen molar-refractivity contribution >= 4 is 22.4 Å². The molecule has 2 aromatic heterocycles. The first-order valence-corrected chi connectivity index (χ1v) is 7.39. The molecule has 2 N–H and O–H groups in total. The van der Waals surface area contributed by atoms with Crippen molar-refractivity contribution in [1.82, 2.24) is 15.0 Å². The third-order valence-corrected chi connectivity index (χ3v) is 3.62. The fraction of sp³-hybridized carbons (Fsp3) is 0.462. The lowest BCUT2D eigenvalue weighted by molar-refractivity contribution is 0.0519. The minimum Gasteiger partial charge on any atom is -0.461 e. The number of hydrogen-bond acceptors (Lipinski definition) is 6. The van der Waals surface area contributed by atoms with E-state index in [4.69, 9.17) is 4.74 Å². The smallest absolute Gasteiger partial charge is 0.358 e. The molecule has 0 spiro atoms. The van der Waals surface area contributed by atoms with Crippen molar-refractivity contribution in [1.29, 1.82) is 0 Å². The van der Waals surface area contributed by atoms with Crippen LogP contribution >= 0.6 is 11.3 Å². The van der Waals surface area contributed by atoms with Gasteiger partial charge in [-0.2, -0.15) is 0 Å². The first kappa shape index (κ1) is 14.5. The molecule has 0 fully saturated rings. The summed E-state index contributed by atoms with van der Waals surface area (Å²) < 4.78 is 4.96. The molecule has 2 rings (SSSR count). The fourth-order valence-corrected chi connectivity index (χ4v) is 2.57. The molecule has 0 aromatic carbocycles. The van der Waals surface area contributed by atoms with Crippen LogP contribution in [0.4, 0.5) is 5.13 Å². The van der Waals surface area contributed by atoms with Gasteiger partial charge in [0.2, 0.25) is 0 Å². The van der Waals surface area contributed by atoms with Gasteiger partial charge in [0.05, 0.1) is 6.61 Å². The summed E-state index contributed by atoms with van der Waals surface area (Å²) in [6, 6.07) is 0. The van der Waals surface area contributed by atoms with Gasteiger partial charge in [0.1, 0.15) is 5.82 Å². The van der Waals surface area contributed by atoms with E-state index in [1.54, 1.807) is 13.1 Å². The Kier molecular flexibility index (Phi) is 5.11. The first-order chi connectivity index (χ1) is 9.70. The molecule has 2 heterocycles. The predicted molar refractivity (Wildman–Crippen MR) is 78.2 cm³/mol. The van der Waals surface area contributed by atoms with E-state index in [0.717, 1.165) is 35.2 Å². The Hall–Kier alpha value is -1.89. The highest BCUT2D eigenvalue weighted by molar-refractivity contribution is 7.15. The van der Waals surface area contributed by atoms with Gasteiger partial charge >= 0.3 is 5.97 Å². The molecule has 0 saturated heterocycles. The zero-order valence-corrected chi connectivity index (χ0v) is 12.4. The van der Waals surface area contributed by atoms with Crippen molar-refractivity contribution < 1.29 is 9.53 Å². The highest BCUT2D eigenvalue weighted by atomic mass is 32.1. The van der Waals surface area contributed by atoms with Crippen LogP contribution in [0.15, 0.2) is 12.4 Å². The Labute approximate surface area is 121 Å². The number of ether oxygens (including phenoxy) is 1. The van der Waals surface area contributed by atoms with Gasteiger partial charge in [0.15, 0.2) is 10.8 Å². The molecule has 0 radical (unpaired) electrons. The molecular weight excluding hydrogens is 276 g/mol. The number of nitrogens with zero attached hydrogens (tertiary/aromatic N) is 2. The maximum atomic E-state index is 11.6. The molecule has 7 heteroatoms. The Morgan fingerprint density at radius 2 is 2.40 bits per heavy atom. The van der Waals surface area contributed by atoms with Gasteiger partial charge in [-0.15, -0.1) is 11.3 Å². The van der Waals surface area contributed by atoms with Crippen LogP contribution in [-0.4, -0.2) is 34.1 Å². The van der Waals surface area contributed by atoms with E-state index in [1.807, 2.05) is 13.1 Å². The van der Waals surface area contributed by atoms with Crippen molar-refractivity contribution in [2.45, 2.75) is 26.7 Å². The molecule has 2 aromatic rings. The van der Waals surface area contributed by atoms with Crippen LogP contribution in [-0.2, 0) is 11.2 Å². The third-order valence-electron chi connectivity index (χ3n) is 2.69. The molecular formula is C13H18N4O2S. The summed E-state index contributed by atoms with van der Waals surface area (Å²) in [6.45, 7) is 4.81. The number of rotatable bonds is 7. The second-order valence-corrected chi connectivity index (χ2v) is 5.41. The van der Waals surface area contributed by atoms with Gasteiger partial charge in [-0.3, -0.25) is 0 Å². The SMILES string of the molecule is CCOC(=O)c1nc(NCCCc2ncc[nH]2)sc1C. The van der Waals surface area contributed by atoms with Gasteiger partial charge in [-0.1, -0.05) is 0 Å². The molecule has 0 unspecified atom stereocenters. The number of thiazole rings is 1. The van der Waals surface area contributed by atoms with Crippen LogP contribution in [0.1, 0.15) is 34.5 Å². The predicted octanol–water partition coefficient (Wildman–Crippen LogP) is 2.40. The Bertz CT molecular complexity index is 551. The zero-order chi connectivity index (χ0) is 14.4. The summed E-state index contributed by atoms with van der Waals surface area (Å²) in [6.07, 6.45) is 5.40. The highest BCUT2D eigenvalue weighted by Crippen LogP contribution is 2.22. The van der Waals surface area contributed by atoms with E-state index < -0.39 is 0 Å². The number of anilines is 1. The van der Waals surface area contributed by atoms with E-state index >= 15 is 0 Å². The monoisotopic (exact) mass is 294 g/mol. The third kappa shape index (κ3) is 3.80. The van der Waals surface area contributed by atoms with Crippen LogP contribution in [0.25, 0.3) is 0 Å². The van der Waals surface area contributed by atoms with Crippen molar-refractivity contribution in [3.05, 3.63) is 28.8 Å². The largest absolute Gasteiger partial charge is 0.461 e. The number of hydrogen-bond donors (Lipinski definition) is 2. The molecule has 108 valence electrons. The van der Waals surface area contributed by atoms with Crippen molar-refractivity contribution in [3.63, 3.8) is 0 Å². The molecule has 0 aliphatic rings. The number of nitrogens with one attached hydrogen (secondary N) is 2. The number of esters is 1. The van der Waals surface area contributed by atoms with E-state index in [-0.39, 0.29) is 5.97 Å². The van der Waals surface area contributed by atoms with Gasteiger partial charge in [0.25, 0.3) is 0 Å². The Morgan fingerprint density at radius 3 is 3.10 bits per heavy atom. The normalized spacial score (nSPS) is 10.5. The number of carbonyl (C=O) groups excluding carboxylic acids is 1. The lowest BCUT2D eigenvalue weighted by atomic mass is 10.3. The van der Waals surface area contributed by atoms with Crippen LogP contribution in [0.3, 0.4) is 0 Å². The van der Waals surface area contributed by atoms with Crippen LogP contribution in [0.2, 0.25) is 0 Å². The number of imidazole rings is 1. The first-order valence-electron chi connectivity index (χ1n) is 6.57. The van der Waals surface area contributed by atoms with Crippen LogP contribution in [0.5, 0.6) is 0 Å². The van der Waals surface area contributed by atoms with Gasteiger partial charge in [-0.05, 0) is 20.3 Å². The molecule has 0 aliphatic carbocycles.